The maximum Gasteiger partial charge on any atom is 0.295 e. The third-order valence-electron chi connectivity index (χ3n) is 4.09. The maximum absolute atomic E-state index is 12.6. The van der Waals surface area contributed by atoms with Gasteiger partial charge in [0, 0.05) is 17.4 Å². The number of benzene rings is 2. The molecule has 2 amide bonds. The largest absolute Gasteiger partial charge is 0.497 e. The van der Waals surface area contributed by atoms with Gasteiger partial charge >= 0.3 is 0 Å². The molecule has 0 saturated heterocycles. The zero-order valence-corrected chi connectivity index (χ0v) is 15.6. The first kappa shape index (κ1) is 19.7. The van der Waals surface area contributed by atoms with E-state index in [1.165, 1.54) is 42.6 Å². The number of anilines is 1. The van der Waals surface area contributed by atoms with Crippen LogP contribution in [0.5, 0.6) is 5.75 Å². The highest BCUT2D eigenvalue weighted by atomic mass is 16.7. The Bertz CT molecular complexity index is 1090. The highest BCUT2D eigenvalue weighted by Gasteiger charge is 2.13. The zero-order chi connectivity index (χ0) is 20.8. The molecule has 3 aromatic rings. The second kappa shape index (κ2) is 8.75. The minimum Gasteiger partial charge on any atom is -0.497 e. The Kier molecular flexibility index (Phi) is 5.94. The van der Waals surface area contributed by atoms with E-state index in [0.717, 1.165) is 10.3 Å². The first-order valence-electron chi connectivity index (χ1n) is 8.67. The number of rotatable bonds is 7. The number of nitrogens with two attached hydrogens (primary N) is 1. The molecule has 148 valence electrons. The van der Waals surface area contributed by atoms with Crippen LogP contribution >= 0.6 is 0 Å². The second-order valence-electron chi connectivity index (χ2n) is 6.07. The van der Waals surface area contributed by atoms with E-state index in [1.54, 1.807) is 19.2 Å². The summed E-state index contributed by atoms with van der Waals surface area (Å²) in [6.45, 7) is 0.122. The van der Waals surface area contributed by atoms with Gasteiger partial charge in [0.25, 0.3) is 11.5 Å². The molecule has 0 unspecified atom stereocenters. The van der Waals surface area contributed by atoms with Gasteiger partial charge in [-0.05, 0) is 54.1 Å². The lowest BCUT2D eigenvalue weighted by Crippen LogP contribution is -2.32. The topological polar surface area (TPSA) is 113 Å². The van der Waals surface area contributed by atoms with E-state index in [-0.39, 0.29) is 12.2 Å². The Morgan fingerprint density at radius 2 is 1.83 bits per heavy atom. The van der Waals surface area contributed by atoms with E-state index in [1.807, 2.05) is 12.1 Å². The summed E-state index contributed by atoms with van der Waals surface area (Å²) in [6.07, 6.45) is 1.43. The van der Waals surface area contributed by atoms with Crippen LogP contribution in [-0.4, -0.2) is 23.7 Å². The van der Waals surface area contributed by atoms with Crippen molar-refractivity contribution in [3.05, 3.63) is 93.9 Å². The van der Waals surface area contributed by atoms with Crippen LogP contribution < -0.4 is 26.2 Å². The van der Waals surface area contributed by atoms with Gasteiger partial charge in [-0.1, -0.05) is 12.1 Å². The molecule has 0 fully saturated rings. The van der Waals surface area contributed by atoms with Gasteiger partial charge in [0.15, 0.2) is 0 Å². The molecule has 1 heterocycles. The zero-order valence-electron chi connectivity index (χ0n) is 15.6. The minimum absolute atomic E-state index is 0.0860. The van der Waals surface area contributed by atoms with Crippen LogP contribution in [0, 0.1) is 0 Å². The molecule has 0 bridgehead atoms. The number of primary amides is 1. The van der Waals surface area contributed by atoms with Crippen molar-refractivity contribution in [1.82, 2.24) is 4.73 Å². The fourth-order valence-electron chi connectivity index (χ4n) is 2.57. The number of methoxy groups -OCH3 is 1. The highest BCUT2D eigenvalue weighted by molar-refractivity contribution is 6.04. The summed E-state index contributed by atoms with van der Waals surface area (Å²) in [6, 6.07) is 16.2. The van der Waals surface area contributed by atoms with Crippen molar-refractivity contribution in [2.75, 3.05) is 12.4 Å². The number of carbonyl (C=O) groups excluding carboxylic acids is 2. The van der Waals surface area contributed by atoms with Gasteiger partial charge in [-0.15, -0.1) is 0 Å². The third kappa shape index (κ3) is 4.81. The molecule has 3 rings (SSSR count). The van der Waals surface area contributed by atoms with Gasteiger partial charge in [0.05, 0.1) is 7.11 Å². The highest BCUT2D eigenvalue weighted by Crippen LogP contribution is 2.13. The summed E-state index contributed by atoms with van der Waals surface area (Å²) < 4.78 is 6.16. The predicted molar refractivity (Wildman–Crippen MR) is 107 cm³/mol. The Morgan fingerprint density at radius 3 is 2.52 bits per heavy atom. The Morgan fingerprint density at radius 1 is 1.07 bits per heavy atom. The molecule has 0 aliphatic heterocycles. The number of ether oxygens (including phenoxy) is 1. The molecule has 29 heavy (non-hydrogen) atoms. The lowest BCUT2D eigenvalue weighted by molar-refractivity contribution is 0.0862. The molecule has 0 radical (unpaired) electrons. The molecule has 8 nitrogen and oxygen atoms in total. The minimum atomic E-state index is -0.596. The molecule has 0 atom stereocenters. The van der Waals surface area contributed by atoms with Crippen LogP contribution in [0.1, 0.15) is 26.3 Å². The van der Waals surface area contributed by atoms with Crippen molar-refractivity contribution in [3.63, 3.8) is 0 Å². The third-order valence-corrected chi connectivity index (χ3v) is 4.09. The van der Waals surface area contributed by atoms with Crippen molar-refractivity contribution < 1.29 is 19.2 Å². The molecule has 0 spiro atoms. The summed E-state index contributed by atoms with van der Waals surface area (Å²) >= 11 is 0. The molecule has 1 aromatic heterocycles. The molecular formula is C21H19N3O5. The number of nitrogens with zero attached hydrogens (tertiary/aromatic N) is 1. The van der Waals surface area contributed by atoms with Crippen LogP contribution in [0.25, 0.3) is 0 Å². The fourth-order valence-corrected chi connectivity index (χ4v) is 2.57. The summed E-state index contributed by atoms with van der Waals surface area (Å²) in [4.78, 5) is 41.7. The lowest BCUT2D eigenvalue weighted by Gasteiger charge is -2.11. The molecule has 0 aliphatic carbocycles. The number of nitrogens with one attached hydrogen (secondary N) is 1. The standard InChI is InChI=1S/C21H19N3O5/c1-28-17-5-2-4-14(12-17)13-29-24-11-3-6-18(21(24)27)20(26)23-16-9-7-15(8-10-16)19(22)25/h2-12H,13H2,1H3,(H2,22,25)(H,23,26). The van der Waals surface area contributed by atoms with E-state index >= 15 is 0 Å². The summed E-state index contributed by atoms with van der Waals surface area (Å²) in [5.74, 6) is -0.489. The van der Waals surface area contributed by atoms with Crippen LogP contribution in [0.4, 0.5) is 5.69 Å². The Labute approximate surface area is 166 Å². The molecule has 8 heteroatoms. The number of carbonyl (C=O) groups is 2. The van der Waals surface area contributed by atoms with Gasteiger partial charge in [-0.2, -0.15) is 4.73 Å². The average molecular weight is 393 g/mol. The monoisotopic (exact) mass is 393 g/mol. The van der Waals surface area contributed by atoms with Gasteiger partial charge < -0.3 is 20.6 Å². The molecule has 3 N–H and O–H groups in total. The summed E-state index contributed by atoms with van der Waals surface area (Å²) in [5, 5.41) is 2.60. The number of hydrogen-bond acceptors (Lipinski definition) is 5. The van der Waals surface area contributed by atoms with E-state index in [2.05, 4.69) is 5.32 Å². The van der Waals surface area contributed by atoms with Crippen molar-refractivity contribution in [3.8, 4) is 5.75 Å². The van der Waals surface area contributed by atoms with Crippen LogP contribution in [0.15, 0.2) is 71.7 Å². The number of pyridine rings is 1. The maximum atomic E-state index is 12.6. The van der Waals surface area contributed by atoms with E-state index < -0.39 is 17.4 Å². The lowest BCUT2D eigenvalue weighted by atomic mass is 10.2. The van der Waals surface area contributed by atoms with E-state index in [9.17, 15) is 14.4 Å². The van der Waals surface area contributed by atoms with Crippen LogP contribution in [0.2, 0.25) is 0 Å². The second-order valence-corrected chi connectivity index (χ2v) is 6.07. The van der Waals surface area contributed by atoms with Crippen molar-refractivity contribution in [2.45, 2.75) is 6.61 Å². The molecule has 2 aromatic carbocycles. The molecule has 0 aliphatic rings. The predicted octanol–water partition coefficient (Wildman–Crippen LogP) is 1.84. The van der Waals surface area contributed by atoms with E-state index in [0.29, 0.717) is 17.0 Å². The fraction of sp³-hybridized carbons (Fsp3) is 0.0952. The summed E-state index contributed by atoms with van der Waals surface area (Å²) in [7, 11) is 1.56. The smallest absolute Gasteiger partial charge is 0.295 e. The first-order chi connectivity index (χ1) is 14.0. The van der Waals surface area contributed by atoms with Gasteiger partial charge in [-0.3, -0.25) is 14.4 Å². The molecule has 0 saturated carbocycles. The summed E-state index contributed by atoms with van der Waals surface area (Å²) in [5.41, 5.74) is 6.05. The quantitative estimate of drug-likeness (QED) is 0.636. The average Bonchev–Trinajstić information content (AvgIpc) is 2.73. The Balaban J connectivity index is 1.72. The Hall–Kier alpha value is -4.07. The van der Waals surface area contributed by atoms with Gasteiger partial charge in [0.2, 0.25) is 5.91 Å². The first-order valence-corrected chi connectivity index (χ1v) is 8.67. The van der Waals surface area contributed by atoms with Gasteiger partial charge in [-0.25, -0.2) is 0 Å². The van der Waals surface area contributed by atoms with Crippen molar-refractivity contribution in [1.29, 1.82) is 0 Å². The van der Waals surface area contributed by atoms with Crippen molar-refractivity contribution in [2.24, 2.45) is 5.73 Å². The van der Waals surface area contributed by atoms with Gasteiger partial charge in [0.1, 0.15) is 17.9 Å². The SMILES string of the molecule is COc1cccc(COn2cccc(C(=O)Nc3ccc(C(N)=O)cc3)c2=O)c1. The van der Waals surface area contributed by atoms with Crippen LogP contribution in [0.3, 0.4) is 0 Å². The normalized spacial score (nSPS) is 10.2. The van der Waals surface area contributed by atoms with E-state index in [4.69, 9.17) is 15.3 Å². The van der Waals surface area contributed by atoms with Crippen LogP contribution in [-0.2, 0) is 6.61 Å². The van der Waals surface area contributed by atoms with Crippen molar-refractivity contribution >= 4 is 17.5 Å². The number of aromatic nitrogens is 1. The number of amides is 2. The molecular weight excluding hydrogens is 374 g/mol. The number of hydrogen-bond donors (Lipinski definition) is 2.